The van der Waals surface area contributed by atoms with Crippen LogP contribution in [0.3, 0.4) is 0 Å². The Morgan fingerprint density at radius 3 is 2.42 bits per heavy atom. The monoisotopic (exact) mass is 438 g/mol. The zero-order chi connectivity index (χ0) is 22.1. The van der Waals surface area contributed by atoms with Crippen LogP contribution in [0.2, 0.25) is 0 Å². The summed E-state index contributed by atoms with van der Waals surface area (Å²) < 4.78 is 0. The van der Waals surface area contributed by atoms with Crippen LogP contribution in [0.5, 0.6) is 0 Å². The molecule has 2 aliphatic carbocycles. The summed E-state index contributed by atoms with van der Waals surface area (Å²) in [5, 5.41) is 16.0. The molecule has 162 valence electrons. The number of fused-ring (bicyclic) bond motifs is 2. The van der Waals surface area contributed by atoms with Gasteiger partial charge in [-0.05, 0) is 42.7 Å². The number of carboxylic acids is 1. The van der Waals surface area contributed by atoms with Crippen molar-refractivity contribution in [1.29, 1.82) is 0 Å². The highest BCUT2D eigenvalue weighted by Gasteiger charge is 2.51. The smallest absolute Gasteiger partial charge is 0.307 e. The maximum atomic E-state index is 13.1. The fourth-order valence-electron chi connectivity index (χ4n) is 4.91. The standard InChI is InChI=1S/C24H26N2O4S/c1-3-17-13(2)31-23(20(17)21(27)25-12-14-7-5-4-6-8-14)26-22(28)18-15-9-10-16(11-15)19(18)24(29)30/h4-10,15-16,18-19H,3,11-12H2,1-2H3,(H,25,27)(H,26,28)(H,29,30)/t15-,16+,18+,19+/m1/s1. The Morgan fingerprint density at radius 1 is 1.10 bits per heavy atom. The zero-order valence-corrected chi connectivity index (χ0v) is 18.4. The molecule has 6 nitrogen and oxygen atoms in total. The number of allylic oxidation sites excluding steroid dienone is 2. The summed E-state index contributed by atoms with van der Waals surface area (Å²) in [5.41, 5.74) is 2.39. The van der Waals surface area contributed by atoms with Gasteiger partial charge in [-0.25, -0.2) is 0 Å². The number of aryl methyl sites for hydroxylation is 1. The van der Waals surface area contributed by atoms with Crippen molar-refractivity contribution in [2.75, 3.05) is 5.32 Å². The zero-order valence-electron chi connectivity index (χ0n) is 17.6. The highest BCUT2D eigenvalue weighted by atomic mass is 32.1. The highest BCUT2D eigenvalue weighted by Crippen LogP contribution is 2.48. The van der Waals surface area contributed by atoms with Crippen molar-refractivity contribution in [3.63, 3.8) is 0 Å². The molecule has 2 aliphatic rings. The Labute approximate surface area is 185 Å². The van der Waals surface area contributed by atoms with Crippen molar-refractivity contribution >= 4 is 34.1 Å². The van der Waals surface area contributed by atoms with Crippen molar-refractivity contribution in [3.8, 4) is 0 Å². The van der Waals surface area contributed by atoms with Crippen LogP contribution in [-0.4, -0.2) is 22.9 Å². The van der Waals surface area contributed by atoms with E-state index in [0.29, 0.717) is 30.0 Å². The molecule has 7 heteroatoms. The van der Waals surface area contributed by atoms with Gasteiger partial charge in [-0.1, -0.05) is 49.4 Å². The van der Waals surface area contributed by atoms with Crippen LogP contribution in [0, 0.1) is 30.6 Å². The van der Waals surface area contributed by atoms with Crippen LogP contribution in [-0.2, 0) is 22.6 Å². The van der Waals surface area contributed by atoms with E-state index in [4.69, 9.17) is 0 Å². The molecule has 2 aromatic rings. The lowest BCUT2D eigenvalue weighted by Gasteiger charge is -2.23. The summed E-state index contributed by atoms with van der Waals surface area (Å²) in [4.78, 5) is 39.0. The first-order chi connectivity index (χ1) is 14.9. The van der Waals surface area contributed by atoms with Crippen molar-refractivity contribution in [3.05, 3.63) is 64.1 Å². The second-order valence-corrected chi connectivity index (χ2v) is 9.41. The van der Waals surface area contributed by atoms with E-state index in [9.17, 15) is 19.5 Å². The minimum absolute atomic E-state index is 0.0619. The number of hydrogen-bond donors (Lipinski definition) is 3. The minimum Gasteiger partial charge on any atom is -0.481 e. The molecule has 0 spiro atoms. The Kier molecular flexibility index (Phi) is 5.96. The van der Waals surface area contributed by atoms with Gasteiger partial charge in [-0.2, -0.15) is 0 Å². The number of carbonyl (C=O) groups is 3. The topological polar surface area (TPSA) is 95.5 Å². The van der Waals surface area contributed by atoms with Gasteiger partial charge in [0.25, 0.3) is 5.91 Å². The lowest BCUT2D eigenvalue weighted by atomic mass is 9.82. The summed E-state index contributed by atoms with van der Waals surface area (Å²) in [5.74, 6) is -2.96. The van der Waals surface area contributed by atoms with E-state index < -0.39 is 17.8 Å². The van der Waals surface area contributed by atoms with Crippen LogP contribution in [0.4, 0.5) is 5.00 Å². The third-order valence-corrected chi connectivity index (χ3v) is 7.43. The minimum atomic E-state index is -0.936. The summed E-state index contributed by atoms with van der Waals surface area (Å²) >= 11 is 1.37. The van der Waals surface area contributed by atoms with Crippen LogP contribution < -0.4 is 10.6 Å². The van der Waals surface area contributed by atoms with Crippen molar-refractivity contribution in [2.45, 2.75) is 33.2 Å². The molecule has 1 saturated carbocycles. The second kappa shape index (κ2) is 8.67. The fourth-order valence-corrected chi connectivity index (χ4v) is 6.06. The van der Waals surface area contributed by atoms with E-state index in [1.807, 2.05) is 56.3 Å². The molecule has 2 bridgehead atoms. The average molecular weight is 439 g/mol. The molecule has 1 heterocycles. The Morgan fingerprint density at radius 2 is 1.77 bits per heavy atom. The number of anilines is 1. The maximum absolute atomic E-state index is 13.1. The first-order valence-corrected chi connectivity index (χ1v) is 11.4. The predicted octanol–water partition coefficient (Wildman–Crippen LogP) is 4.01. The van der Waals surface area contributed by atoms with Gasteiger partial charge in [-0.15, -0.1) is 11.3 Å². The fraction of sp³-hybridized carbons (Fsp3) is 0.375. The van der Waals surface area contributed by atoms with Gasteiger partial charge >= 0.3 is 5.97 Å². The third-order valence-electron chi connectivity index (χ3n) is 6.37. The molecule has 0 radical (unpaired) electrons. The van der Waals surface area contributed by atoms with Gasteiger partial charge in [0.15, 0.2) is 0 Å². The van der Waals surface area contributed by atoms with Crippen molar-refractivity contribution in [1.82, 2.24) is 5.32 Å². The molecule has 31 heavy (non-hydrogen) atoms. The number of nitrogens with one attached hydrogen (secondary N) is 2. The van der Waals surface area contributed by atoms with Gasteiger partial charge < -0.3 is 15.7 Å². The van der Waals surface area contributed by atoms with E-state index in [1.54, 1.807) is 0 Å². The first-order valence-electron chi connectivity index (χ1n) is 10.6. The summed E-state index contributed by atoms with van der Waals surface area (Å²) in [6, 6.07) is 9.64. The summed E-state index contributed by atoms with van der Waals surface area (Å²) in [7, 11) is 0. The van der Waals surface area contributed by atoms with Crippen molar-refractivity contribution in [2.24, 2.45) is 23.7 Å². The van der Waals surface area contributed by atoms with Gasteiger partial charge in [0.2, 0.25) is 5.91 Å². The molecule has 1 aromatic carbocycles. The van der Waals surface area contributed by atoms with Gasteiger partial charge in [0.05, 0.1) is 17.4 Å². The van der Waals surface area contributed by atoms with Gasteiger partial charge in [0, 0.05) is 11.4 Å². The number of amides is 2. The molecule has 3 N–H and O–H groups in total. The quantitative estimate of drug-likeness (QED) is 0.569. The lowest BCUT2D eigenvalue weighted by Crippen LogP contribution is -2.36. The number of carboxylic acid groups (broad SMARTS) is 1. The Bertz CT molecular complexity index is 1040. The maximum Gasteiger partial charge on any atom is 0.307 e. The SMILES string of the molecule is CCc1c(C)sc(NC(=O)[C@@H]2[C@@H](C(=O)O)[C@H]3C=C[C@@H]2C3)c1C(=O)NCc1ccccc1. The van der Waals surface area contributed by atoms with E-state index in [2.05, 4.69) is 10.6 Å². The molecule has 1 fully saturated rings. The second-order valence-electron chi connectivity index (χ2n) is 8.19. The van der Waals surface area contributed by atoms with E-state index >= 15 is 0 Å². The molecule has 1 aromatic heterocycles. The average Bonchev–Trinajstić information content (AvgIpc) is 3.45. The van der Waals surface area contributed by atoms with Crippen LogP contribution >= 0.6 is 11.3 Å². The lowest BCUT2D eigenvalue weighted by molar-refractivity contribution is -0.146. The Balaban J connectivity index is 1.56. The van der Waals surface area contributed by atoms with Gasteiger partial charge in [0.1, 0.15) is 5.00 Å². The van der Waals surface area contributed by atoms with E-state index in [1.165, 1.54) is 11.3 Å². The number of carbonyl (C=O) groups excluding carboxylic acids is 2. The molecule has 4 rings (SSSR count). The number of thiophene rings is 1. The van der Waals surface area contributed by atoms with Gasteiger partial charge in [-0.3, -0.25) is 14.4 Å². The Hall–Kier alpha value is -2.93. The van der Waals surface area contributed by atoms with Crippen LogP contribution in [0.1, 0.15) is 39.7 Å². The predicted molar refractivity (Wildman–Crippen MR) is 120 cm³/mol. The van der Waals surface area contributed by atoms with E-state index in [-0.39, 0.29) is 23.7 Å². The molecule has 2 amide bonds. The van der Waals surface area contributed by atoms with Crippen molar-refractivity contribution < 1.29 is 19.5 Å². The molecule has 0 aliphatic heterocycles. The summed E-state index contributed by atoms with van der Waals surface area (Å²) in [6.07, 6.45) is 5.24. The third kappa shape index (κ3) is 4.02. The normalized spacial score (nSPS) is 23.7. The number of benzene rings is 1. The number of hydrogen-bond acceptors (Lipinski definition) is 4. The summed E-state index contributed by atoms with van der Waals surface area (Å²) in [6.45, 7) is 4.31. The largest absolute Gasteiger partial charge is 0.481 e. The van der Waals surface area contributed by atoms with E-state index in [0.717, 1.165) is 16.0 Å². The number of aliphatic carboxylic acids is 1. The van der Waals surface area contributed by atoms with Crippen LogP contribution in [0.15, 0.2) is 42.5 Å². The highest BCUT2D eigenvalue weighted by molar-refractivity contribution is 7.16. The first kappa shape index (κ1) is 21.3. The molecular weight excluding hydrogens is 412 g/mol. The number of rotatable bonds is 7. The molecule has 0 saturated heterocycles. The molecule has 4 atom stereocenters. The van der Waals surface area contributed by atoms with Crippen LogP contribution in [0.25, 0.3) is 0 Å². The molecular formula is C24H26N2O4S. The molecule has 0 unspecified atom stereocenters.